The topological polar surface area (TPSA) is 96.8 Å². The van der Waals surface area contributed by atoms with Gasteiger partial charge in [0, 0.05) is 6.54 Å². The summed E-state index contributed by atoms with van der Waals surface area (Å²) in [6, 6.07) is -0.183. The highest BCUT2D eigenvalue weighted by Crippen LogP contribution is 2.35. The Balaban J connectivity index is 1.99. The fraction of sp³-hybridized carbons (Fsp3) is 0.636. The van der Waals surface area contributed by atoms with Crippen molar-refractivity contribution in [2.75, 3.05) is 13.2 Å². The minimum absolute atomic E-state index is 0.0697. The van der Waals surface area contributed by atoms with Crippen LogP contribution in [0.25, 0.3) is 0 Å². The Kier molecular flexibility index (Phi) is 3.53. The maximum atomic E-state index is 12.7. The average molecular weight is 318 g/mol. The fourth-order valence-corrected chi connectivity index (χ4v) is 5.77. The normalized spacial score (nSPS) is 27.4. The van der Waals surface area contributed by atoms with E-state index in [9.17, 15) is 13.2 Å². The molecule has 2 atom stereocenters. The predicted octanol–water partition coefficient (Wildman–Crippen LogP) is 0.783. The van der Waals surface area contributed by atoms with Crippen LogP contribution in [0.1, 0.15) is 29.8 Å². The molecule has 2 unspecified atom stereocenters. The molecule has 1 aliphatic carbocycles. The smallest absolute Gasteiger partial charge is 0.356 e. The molecule has 1 aromatic rings. The van der Waals surface area contributed by atoms with Crippen molar-refractivity contribution in [1.82, 2.24) is 9.29 Å². The van der Waals surface area contributed by atoms with Crippen LogP contribution >= 0.6 is 11.3 Å². The Morgan fingerprint density at radius 1 is 1.50 bits per heavy atom. The first-order valence-electron chi connectivity index (χ1n) is 6.32. The van der Waals surface area contributed by atoms with Crippen LogP contribution in [-0.4, -0.2) is 54.1 Å². The molecular weight excluding hydrogens is 304 g/mol. The van der Waals surface area contributed by atoms with Crippen LogP contribution in [0.3, 0.4) is 0 Å². The predicted molar refractivity (Wildman–Crippen MR) is 70.3 cm³/mol. The van der Waals surface area contributed by atoms with Crippen molar-refractivity contribution in [3.63, 3.8) is 0 Å². The summed E-state index contributed by atoms with van der Waals surface area (Å²) >= 11 is 0.850. The number of aromatic carboxylic acids is 1. The summed E-state index contributed by atoms with van der Waals surface area (Å²) in [6.07, 6.45) is 2.46. The second-order valence-corrected chi connectivity index (χ2v) is 7.76. The number of ether oxygens (including phenoxy) is 1. The van der Waals surface area contributed by atoms with E-state index in [4.69, 9.17) is 9.84 Å². The van der Waals surface area contributed by atoms with Gasteiger partial charge in [0.25, 0.3) is 10.0 Å². The number of carbonyl (C=O) groups is 1. The number of aromatic nitrogens is 1. The van der Waals surface area contributed by atoms with Crippen LogP contribution < -0.4 is 0 Å². The van der Waals surface area contributed by atoms with Crippen molar-refractivity contribution in [3.8, 4) is 0 Å². The molecule has 3 rings (SSSR count). The zero-order valence-corrected chi connectivity index (χ0v) is 12.2. The van der Waals surface area contributed by atoms with Crippen molar-refractivity contribution in [2.45, 2.75) is 35.6 Å². The second kappa shape index (κ2) is 5.06. The summed E-state index contributed by atoms with van der Waals surface area (Å²) in [5.74, 6) is -1.32. The molecule has 2 heterocycles. The number of sulfonamides is 1. The van der Waals surface area contributed by atoms with Crippen molar-refractivity contribution in [2.24, 2.45) is 0 Å². The van der Waals surface area contributed by atoms with Crippen LogP contribution in [-0.2, 0) is 14.8 Å². The minimum atomic E-state index is -3.82. The van der Waals surface area contributed by atoms with E-state index in [-0.39, 0.29) is 22.9 Å². The molecule has 0 amide bonds. The maximum absolute atomic E-state index is 12.7. The molecule has 20 heavy (non-hydrogen) atoms. The molecule has 9 heteroatoms. The molecule has 2 aliphatic rings. The lowest BCUT2D eigenvalue weighted by molar-refractivity contribution is -0.0241. The van der Waals surface area contributed by atoms with Gasteiger partial charge in [-0.05, 0) is 19.3 Å². The standard InChI is InChI=1S/C11H14N2O5S2/c14-10(15)9-11(19-6-12-9)20(16,17)13-4-5-18-8-3-1-2-7(8)13/h6-8H,1-5H2,(H,14,15). The summed E-state index contributed by atoms with van der Waals surface area (Å²) < 4.78 is 32.2. The van der Waals surface area contributed by atoms with Gasteiger partial charge in [-0.3, -0.25) is 0 Å². The number of nitrogens with zero attached hydrogens (tertiary/aromatic N) is 2. The highest BCUT2D eigenvalue weighted by molar-refractivity contribution is 7.91. The van der Waals surface area contributed by atoms with Crippen molar-refractivity contribution in [1.29, 1.82) is 0 Å². The van der Waals surface area contributed by atoms with Gasteiger partial charge in [0.1, 0.15) is 0 Å². The Labute approximate surface area is 120 Å². The van der Waals surface area contributed by atoms with E-state index in [2.05, 4.69) is 4.98 Å². The first-order valence-corrected chi connectivity index (χ1v) is 8.64. The van der Waals surface area contributed by atoms with E-state index in [0.717, 1.165) is 30.6 Å². The molecule has 1 saturated carbocycles. The maximum Gasteiger partial charge on any atom is 0.356 e. The number of carboxylic acids is 1. The van der Waals surface area contributed by atoms with Crippen LogP contribution in [0, 0.1) is 0 Å². The van der Waals surface area contributed by atoms with E-state index in [1.54, 1.807) is 0 Å². The molecule has 1 aromatic heterocycles. The first-order chi connectivity index (χ1) is 9.51. The number of morpholine rings is 1. The summed E-state index contributed by atoms with van der Waals surface area (Å²) in [4.78, 5) is 14.7. The number of rotatable bonds is 3. The van der Waals surface area contributed by atoms with Crippen molar-refractivity contribution < 1.29 is 23.1 Å². The van der Waals surface area contributed by atoms with Crippen LogP contribution in [0.15, 0.2) is 9.72 Å². The largest absolute Gasteiger partial charge is 0.476 e. The SMILES string of the molecule is O=C(O)c1ncsc1S(=O)(=O)N1CCOC2CCCC21. The van der Waals surface area contributed by atoms with Gasteiger partial charge >= 0.3 is 5.97 Å². The van der Waals surface area contributed by atoms with Gasteiger partial charge in [0.05, 0.1) is 24.3 Å². The second-order valence-electron chi connectivity index (χ2n) is 4.82. The monoisotopic (exact) mass is 318 g/mol. The van der Waals surface area contributed by atoms with Gasteiger partial charge in [-0.15, -0.1) is 11.3 Å². The number of hydrogen-bond donors (Lipinski definition) is 1. The number of hydrogen-bond acceptors (Lipinski definition) is 6. The van der Waals surface area contributed by atoms with Crippen LogP contribution in [0.2, 0.25) is 0 Å². The van der Waals surface area contributed by atoms with E-state index in [1.165, 1.54) is 9.82 Å². The first kappa shape index (κ1) is 13.9. The zero-order chi connectivity index (χ0) is 14.3. The lowest BCUT2D eigenvalue weighted by atomic mass is 10.2. The van der Waals surface area contributed by atoms with E-state index >= 15 is 0 Å². The molecular formula is C11H14N2O5S2. The highest BCUT2D eigenvalue weighted by atomic mass is 32.2. The lowest BCUT2D eigenvalue weighted by Crippen LogP contribution is -2.51. The lowest BCUT2D eigenvalue weighted by Gasteiger charge is -2.36. The Hall–Kier alpha value is -1.03. The van der Waals surface area contributed by atoms with Crippen molar-refractivity contribution >= 4 is 27.3 Å². The fourth-order valence-electron chi connectivity index (χ4n) is 2.86. The van der Waals surface area contributed by atoms with Crippen LogP contribution in [0.4, 0.5) is 0 Å². The third kappa shape index (κ3) is 2.14. The average Bonchev–Trinajstić information content (AvgIpc) is 3.06. The quantitative estimate of drug-likeness (QED) is 0.885. The molecule has 1 saturated heterocycles. The number of fused-ring (bicyclic) bond motifs is 1. The van der Waals surface area contributed by atoms with Gasteiger partial charge in [-0.25, -0.2) is 18.2 Å². The van der Waals surface area contributed by atoms with E-state index in [0.29, 0.717) is 6.61 Å². The Morgan fingerprint density at radius 3 is 3.05 bits per heavy atom. The minimum Gasteiger partial charge on any atom is -0.476 e. The van der Waals surface area contributed by atoms with E-state index < -0.39 is 21.7 Å². The third-order valence-corrected chi connectivity index (χ3v) is 6.98. The number of thiazole rings is 1. The van der Waals surface area contributed by atoms with Gasteiger partial charge in [0.15, 0.2) is 9.90 Å². The summed E-state index contributed by atoms with van der Waals surface area (Å²) in [6.45, 7) is 0.613. The molecule has 0 aromatic carbocycles. The molecule has 7 nitrogen and oxygen atoms in total. The zero-order valence-electron chi connectivity index (χ0n) is 10.6. The summed E-state index contributed by atoms with van der Waals surface area (Å²) in [7, 11) is -3.82. The van der Waals surface area contributed by atoms with Gasteiger partial charge < -0.3 is 9.84 Å². The molecule has 0 bridgehead atoms. The molecule has 0 spiro atoms. The molecule has 110 valence electrons. The van der Waals surface area contributed by atoms with Gasteiger partial charge in [-0.1, -0.05) is 0 Å². The Morgan fingerprint density at radius 2 is 2.30 bits per heavy atom. The Bertz CT molecular complexity index is 627. The summed E-state index contributed by atoms with van der Waals surface area (Å²) in [5.41, 5.74) is 0.860. The highest BCUT2D eigenvalue weighted by Gasteiger charge is 2.44. The van der Waals surface area contributed by atoms with Crippen molar-refractivity contribution in [3.05, 3.63) is 11.2 Å². The van der Waals surface area contributed by atoms with Gasteiger partial charge in [0.2, 0.25) is 0 Å². The molecule has 2 fully saturated rings. The molecule has 0 radical (unpaired) electrons. The summed E-state index contributed by atoms with van der Waals surface area (Å²) in [5, 5.41) is 9.04. The third-order valence-electron chi connectivity index (χ3n) is 3.71. The molecule has 1 aliphatic heterocycles. The van der Waals surface area contributed by atoms with Gasteiger partial charge in [-0.2, -0.15) is 4.31 Å². The van der Waals surface area contributed by atoms with Crippen LogP contribution in [0.5, 0.6) is 0 Å². The number of carboxylic acid groups (broad SMARTS) is 1. The van der Waals surface area contributed by atoms with E-state index in [1.807, 2.05) is 0 Å². The molecule has 1 N–H and O–H groups in total.